The van der Waals surface area contributed by atoms with Gasteiger partial charge in [0.25, 0.3) is 0 Å². The lowest BCUT2D eigenvalue weighted by atomic mass is 10.4. The maximum absolute atomic E-state index is 10.2. The van der Waals surface area contributed by atoms with E-state index in [1.807, 2.05) is 0 Å². The Morgan fingerprint density at radius 3 is 2.00 bits per heavy atom. The summed E-state index contributed by atoms with van der Waals surface area (Å²) >= 11 is 11.7. The van der Waals surface area contributed by atoms with Crippen molar-refractivity contribution in [3.8, 4) is 0 Å². The van der Waals surface area contributed by atoms with Gasteiger partial charge in [-0.2, -0.15) is 0 Å². The largest absolute Gasteiger partial charge is 0.281 e. The normalized spacial score (nSPS) is 12.8. The molecule has 0 saturated carbocycles. The van der Waals surface area contributed by atoms with E-state index in [0.29, 0.717) is 0 Å². The van der Waals surface area contributed by atoms with Crippen LogP contribution in [0.1, 0.15) is 6.42 Å². The van der Waals surface area contributed by atoms with Crippen LogP contribution >= 0.6 is 45.8 Å². The highest BCUT2D eigenvalue weighted by Gasteiger charge is 2.14. The highest BCUT2D eigenvalue weighted by molar-refractivity contribution is 14.1. The zero-order valence-corrected chi connectivity index (χ0v) is 7.90. The summed E-state index contributed by atoms with van der Waals surface area (Å²) in [7, 11) is 0. The number of hydrogen-bond donors (Lipinski definition) is 0. The van der Waals surface area contributed by atoms with Gasteiger partial charge in [0, 0.05) is 6.42 Å². The predicted molar refractivity (Wildman–Crippen MR) is 44.1 cm³/mol. The fourth-order valence-corrected chi connectivity index (χ4v) is 1.11. The minimum absolute atomic E-state index is 0.00441. The molecule has 0 N–H and O–H groups in total. The van der Waals surface area contributed by atoms with Crippen molar-refractivity contribution >= 4 is 56.3 Å². The van der Waals surface area contributed by atoms with Crippen molar-refractivity contribution in [3.63, 3.8) is 0 Å². The summed E-state index contributed by atoms with van der Waals surface area (Å²) in [6.07, 6.45) is 0.00441. The van der Waals surface area contributed by atoms with E-state index in [4.69, 9.17) is 23.2 Å². The average Bonchev–Trinajstić information content (AvgIpc) is 1.63. The number of rotatable bonds is 3. The Labute approximate surface area is 76.0 Å². The van der Waals surface area contributed by atoms with E-state index in [9.17, 15) is 9.59 Å². The van der Waals surface area contributed by atoms with E-state index in [0.717, 1.165) is 0 Å². The van der Waals surface area contributed by atoms with Crippen LogP contribution in [-0.2, 0) is 9.59 Å². The first kappa shape index (κ1) is 9.65. The molecule has 1 unspecified atom stereocenters. The number of carbonyl (C=O) groups excluding carboxylic acids is 2. The molecule has 52 valence electrons. The minimum atomic E-state index is -0.539. The average molecular weight is 281 g/mol. The number of halogens is 3. The Morgan fingerprint density at radius 1 is 1.44 bits per heavy atom. The third-order valence-electron chi connectivity index (χ3n) is 0.586. The lowest BCUT2D eigenvalue weighted by Crippen LogP contribution is -2.09. The maximum Gasteiger partial charge on any atom is 0.234 e. The van der Waals surface area contributed by atoms with Gasteiger partial charge >= 0.3 is 0 Å². The first-order chi connectivity index (χ1) is 4.04. The SMILES string of the molecule is O=C(Cl)CC(I)C(=O)Cl. The Hall–Kier alpha value is 0.650. The molecule has 0 rings (SSSR count). The molecule has 0 amide bonds. The van der Waals surface area contributed by atoms with Gasteiger partial charge in [-0.25, -0.2) is 0 Å². The molecule has 0 aliphatic rings. The molecule has 0 bridgehead atoms. The molecule has 0 aromatic carbocycles. The molecule has 0 aromatic heterocycles. The molecule has 0 spiro atoms. The highest BCUT2D eigenvalue weighted by Crippen LogP contribution is 2.10. The van der Waals surface area contributed by atoms with Gasteiger partial charge in [0.15, 0.2) is 0 Å². The molecule has 0 saturated heterocycles. The van der Waals surface area contributed by atoms with Crippen LogP contribution in [0.3, 0.4) is 0 Å². The van der Waals surface area contributed by atoms with E-state index in [2.05, 4.69) is 0 Å². The maximum atomic E-state index is 10.2. The molecule has 5 heteroatoms. The van der Waals surface area contributed by atoms with Crippen LogP contribution in [0.25, 0.3) is 0 Å². The Kier molecular flexibility index (Phi) is 4.79. The molecule has 1 atom stereocenters. The quantitative estimate of drug-likeness (QED) is 0.448. The van der Waals surface area contributed by atoms with Crippen LogP contribution in [0.5, 0.6) is 0 Å². The smallest absolute Gasteiger partial charge is 0.234 e. The van der Waals surface area contributed by atoms with Gasteiger partial charge in [0.1, 0.15) is 0 Å². The minimum Gasteiger partial charge on any atom is -0.281 e. The summed E-state index contributed by atoms with van der Waals surface area (Å²) < 4.78 is -0.491. The summed E-state index contributed by atoms with van der Waals surface area (Å²) in [6.45, 7) is 0. The van der Waals surface area contributed by atoms with E-state index in [-0.39, 0.29) is 6.42 Å². The van der Waals surface area contributed by atoms with Crippen molar-refractivity contribution in [1.82, 2.24) is 0 Å². The number of carbonyl (C=O) groups is 2. The second-order valence-corrected chi connectivity index (χ2v) is 3.63. The topological polar surface area (TPSA) is 34.1 Å². The van der Waals surface area contributed by atoms with Gasteiger partial charge in [-0.15, -0.1) is 0 Å². The number of alkyl halides is 1. The van der Waals surface area contributed by atoms with Crippen LogP contribution in [0, 0.1) is 0 Å². The van der Waals surface area contributed by atoms with Crippen LogP contribution < -0.4 is 0 Å². The standard InChI is InChI=1S/C4H3Cl2IO2/c5-3(8)1-2(7)4(6)9/h2H,1H2. The van der Waals surface area contributed by atoms with Crippen molar-refractivity contribution in [2.45, 2.75) is 10.3 Å². The van der Waals surface area contributed by atoms with Crippen LogP contribution in [-0.4, -0.2) is 14.4 Å². The van der Waals surface area contributed by atoms with Gasteiger partial charge in [-0.3, -0.25) is 9.59 Å². The summed E-state index contributed by atoms with van der Waals surface area (Å²) in [5, 5.41) is -1.08. The van der Waals surface area contributed by atoms with Gasteiger partial charge in [-0.1, -0.05) is 22.6 Å². The van der Waals surface area contributed by atoms with Gasteiger partial charge in [0.05, 0.1) is 3.92 Å². The van der Waals surface area contributed by atoms with E-state index in [1.165, 1.54) is 0 Å². The fraction of sp³-hybridized carbons (Fsp3) is 0.500. The summed E-state index contributed by atoms with van der Waals surface area (Å²) in [5.74, 6) is 0. The third-order valence-corrected chi connectivity index (χ3v) is 2.38. The molecular formula is C4H3Cl2IO2. The first-order valence-corrected chi connectivity index (χ1v) is 4.06. The second-order valence-electron chi connectivity index (χ2n) is 1.33. The molecule has 0 heterocycles. The summed E-state index contributed by atoms with van der Waals surface area (Å²) in [4.78, 5) is 20.3. The van der Waals surface area contributed by atoms with E-state index >= 15 is 0 Å². The highest BCUT2D eigenvalue weighted by atomic mass is 127. The predicted octanol–water partition coefficient (Wildman–Crippen LogP) is 1.71. The molecule has 0 radical (unpaired) electrons. The first-order valence-electron chi connectivity index (χ1n) is 2.05. The summed E-state index contributed by atoms with van der Waals surface area (Å²) in [5.41, 5.74) is 0. The van der Waals surface area contributed by atoms with Crippen LogP contribution in [0.15, 0.2) is 0 Å². The molecule has 2 nitrogen and oxygen atoms in total. The van der Waals surface area contributed by atoms with E-state index < -0.39 is 14.4 Å². The molecule has 0 aromatic rings. The monoisotopic (exact) mass is 280 g/mol. The zero-order valence-electron chi connectivity index (χ0n) is 4.23. The van der Waals surface area contributed by atoms with Crippen molar-refractivity contribution in [3.05, 3.63) is 0 Å². The van der Waals surface area contributed by atoms with Gasteiger partial charge in [-0.05, 0) is 23.2 Å². The van der Waals surface area contributed by atoms with E-state index in [1.54, 1.807) is 22.6 Å². The second kappa shape index (κ2) is 4.46. The van der Waals surface area contributed by atoms with Crippen molar-refractivity contribution in [2.24, 2.45) is 0 Å². The molecular weight excluding hydrogens is 278 g/mol. The Balaban J connectivity index is 3.63. The molecule has 0 fully saturated rings. The Morgan fingerprint density at radius 2 is 1.89 bits per heavy atom. The van der Waals surface area contributed by atoms with Crippen molar-refractivity contribution < 1.29 is 9.59 Å². The fourth-order valence-electron chi connectivity index (χ4n) is 0.221. The van der Waals surface area contributed by atoms with Crippen molar-refractivity contribution in [1.29, 1.82) is 0 Å². The zero-order chi connectivity index (χ0) is 7.44. The molecule has 0 aliphatic heterocycles. The molecule has 0 aliphatic carbocycles. The Bertz CT molecular complexity index is 137. The lowest BCUT2D eigenvalue weighted by Gasteiger charge is -1.96. The van der Waals surface area contributed by atoms with Gasteiger partial charge < -0.3 is 0 Å². The molecule has 9 heavy (non-hydrogen) atoms. The number of hydrogen-bond acceptors (Lipinski definition) is 2. The summed E-state index contributed by atoms with van der Waals surface area (Å²) in [6, 6.07) is 0. The lowest BCUT2D eigenvalue weighted by molar-refractivity contribution is -0.115. The van der Waals surface area contributed by atoms with Gasteiger partial charge in [0.2, 0.25) is 10.5 Å². The van der Waals surface area contributed by atoms with Crippen molar-refractivity contribution in [2.75, 3.05) is 0 Å². The van der Waals surface area contributed by atoms with Crippen LogP contribution in [0.2, 0.25) is 0 Å². The van der Waals surface area contributed by atoms with Crippen LogP contribution in [0.4, 0.5) is 0 Å². The third kappa shape index (κ3) is 5.11.